The van der Waals surface area contributed by atoms with E-state index in [0.717, 1.165) is 28.8 Å². The topological polar surface area (TPSA) is 49.4 Å². The molecular weight excluding hydrogens is 525 g/mol. The molecule has 0 aliphatic heterocycles. The first-order chi connectivity index (χ1) is 19.8. The maximum Gasteiger partial charge on any atom is 0.416 e. The smallest absolute Gasteiger partial charge is 0.322 e. The molecule has 0 aliphatic rings. The van der Waals surface area contributed by atoms with Crippen LogP contribution >= 0.6 is 0 Å². The average Bonchev–Trinajstić information content (AvgIpc) is 3.00. The molecule has 4 nitrogen and oxygen atoms in total. The van der Waals surface area contributed by atoms with Crippen LogP contribution < -0.4 is 10.2 Å². The highest BCUT2D eigenvalue weighted by atomic mass is 19.4. The van der Waals surface area contributed by atoms with Crippen LogP contribution in [-0.4, -0.2) is 11.8 Å². The van der Waals surface area contributed by atoms with Crippen LogP contribution in [0.25, 0.3) is 11.1 Å². The van der Waals surface area contributed by atoms with Gasteiger partial charge in [-0.25, -0.2) is 0 Å². The van der Waals surface area contributed by atoms with Crippen LogP contribution in [0.2, 0.25) is 0 Å². The van der Waals surface area contributed by atoms with Crippen molar-refractivity contribution in [3.05, 3.63) is 156 Å². The van der Waals surface area contributed by atoms with E-state index in [-0.39, 0.29) is 23.7 Å². The van der Waals surface area contributed by atoms with Gasteiger partial charge in [-0.15, -0.1) is 0 Å². The maximum absolute atomic E-state index is 13.6. The Morgan fingerprint density at radius 1 is 0.683 bits per heavy atom. The fraction of sp³-hybridized carbons (Fsp3) is 0.0588. The molecule has 0 radical (unpaired) electrons. The summed E-state index contributed by atoms with van der Waals surface area (Å²) in [5.74, 6) is -0.779. The highest BCUT2D eigenvalue weighted by Crippen LogP contribution is 2.33. The third-order valence-corrected chi connectivity index (χ3v) is 6.56. The SMILES string of the molecule is O=C(Nc1ccc(C(=O)N(Cc2ccccc2)c2cccc(C(F)(F)F)c2)cc1)c1ccccc1-c1ccccc1. The third-order valence-electron chi connectivity index (χ3n) is 6.56. The zero-order valence-electron chi connectivity index (χ0n) is 21.8. The van der Waals surface area contributed by atoms with Gasteiger partial charge in [0.05, 0.1) is 12.1 Å². The van der Waals surface area contributed by atoms with Gasteiger partial charge >= 0.3 is 6.18 Å². The summed E-state index contributed by atoms with van der Waals surface area (Å²) in [6, 6.07) is 36.9. The lowest BCUT2D eigenvalue weighted by Gasteiger charge is -2.24. The first-order valence-electron chi connectivity index (χ1n) is 12.9. The highest BCUT2D eigenvalue weighted by Gasteiger charge is 2.31. The number of anilines is 2. The molecule has 5 rings (SSSR count). The Labute approximate surface area is 235 Å². The molecular formula is C34H25F3N2O2. The van der Waals surface area contributed by atoms with Gasteiger partial charge in [0.2, 0.25) is 0 Å². The van der Waals surface area contributed by atoms with Gasteiger partial charge in [0.15, 0.2) is 0 Å². The highest BCUT2D eigenvalue weighted by molar-refractivity contribution is 6.09. The minimum atomic E-state index is -4.55. The number of hydrogen-bond donors (Lipinski definition) is 1. The van der Waals surface area contributed by atoms with Crippen LogP contribution in [0.3, 0.4) is 0 Å². The molecule has 204 valence electrons. The van der Waals surface area contributed by atoms with E-state index in [1.807, 2.05) is 48.5 Å². The first-order valence-corrected chi connectivity index (χ1v) is 12.9. The van der Waals surface area contributed by atoms with Crippen molar-refractivity contribution >= 4 is 23.2 Å². The number of nitrogens with zero attached hydrogens (tertiary/aromatic N) is 1. The van der Waals surface area contributed by atoms with Crippen LogP contribution in [-0.2, 0) is 12.7 Å². The molecule has 0 heterocycles. The predicted octanol–water partition coefficient (Wildman–Crippen LogP) is 8.47. The lowest BCUT2D eigenvalue weighted by Crippen LogP contribution is -2.30. The van der Waals surface area contributed by atoms with E-state index in [9.17, 15) is 22.8 Å². The quantitative estimate of drug-likeness (QED) is 0.221. The third kappa shape index (κ3) is 6.53. The fourth-order valence-electron chi connectivity index (χ4n) is 4.50. The van der Waals surface area contributed by atoms with Crippen molar-refractivity contribution in [3.63, 3.8) is 0 Å². The molecule has 5 aromatic rings. The summed E-state index contributed by atoms with van der Waals surface area (Å²) in [4.78, 5) is 28.1. The summed E-state index contributed by atoms with van der Waals surface area (Å²) in [6.07, 6.45) is -4.55. The average molecular weight is 551 g/mol. The largest absolute Gasteiger partial charge is 0.416 e. The van der Waals surface area contributed by atoms with E-state index >= 15 is 0 Å². The normalized spacial score (nSPS) is 11.1. The van der Waals surface area contributed by atoms with Gasteiger partial charge in [-0.1, -0.05) is 84.9 Å². The van der Waals surface area contributed by atoms with Crippen molar-refractivity contribution in [1.29, 1.82) is 0 Å². The number of rotatable bonds is 7. The Morgan fingerprint density at radius 2 is 1.32 bits per heavy atom. The fourth-order valence-corrected chi connectivity index (χ4v) is 4.50. The molecule has 41 heavy (non-hydrogen) atoms. The molecule has 0 saturated carbocycles. The van der Waals surface area contributed by atoms with E-state index in [4.69, 9.17) is 0 Å². The monoisotopic (exact) mass is 550 g/mol. The van der Waals surface area contributed by atoms with Crippen LogP contribution in [0.5, 0.6) is 0 Å². The van der Waals surface area contributed by atoms with Crippen molar-refractivity contribution in [3.8, 4) is 11.1 Å². The number of carbonyl (C=O) groups excluding carboxylic acids is 2. The van der Waals surface area contributed by atoms with Gasteiger partial charge in [-0.05, 0) is 65.2 Å². The minimum absolute atomic E-state index is 0.0791. The van der Waals surface area contributed by atoms with E-state index in [2.05, 4.69) is 5.32 Å². The van der Waals surface area contributed by atoms with Crippen molar-refractivity contribution in [2.24, 2.45) is 0 Å². The molecule has 0 fully saturated rings. The number of carbonyl (C=O) groups is 2. The van der Waals surface area contributed by atoms with Gasteiger partial charge in [0, 0.05) is 22.5 Å². The van der Waals surface area contributed by atoms with E-state index in [1.54, 1.807) is 60.7 Å². The molecule has 0 spiro atoms. The maximum atomic E-state index is 13.6. The lowest BCUT2D eigenvalue weighted by molar-refractivity contribution is -0.137. The molecule has 7 heteroatoms. The summed E-state index contributed by atoms with van der Waals surface area (Å²) in [5.41, 5.74) is 2.99. The number of halogens is 3. The number of alkyl halides is 3. The van der Waals surface area contributed by atoms with Crippen molar-refractivity contribution < 1.29 is 22.8 Å². The Kier molecular flexibility index (Phi) is 7.97. The lowest BCUT2D eigenvalue weighted by atomic mass is 9.99. The number of nitrogens with one attached hydrogen (secondary N) is 1. The number of benzene rings is 5. The molecule has 0 aromatic heterocycles. The van der Waals surface area contributed by atoms with E-state index in [0.29, 0.717) is 11.3 Å². The van der Waals surface area contributed by atoms with Crippen LogP contribution in [0.1, 0.15) is 31.8 Å². The van der Waals surface area contributed by atoms with Gasteiger partial charge < -0.3 is 10.2 Å². The zero-order chi connectivity index (χ0) is 28.8. The van der Waals surface area contributed by atoms with Crippen LogP contribution in [0, 0.1) is 0 Å². The molecule has 0 atom stereocenters. The summed E-state index contributed by atoms with van der Waals surface area (Å²) < 4.78 is 40.3. The van der Waals surface area contributed by atoms with Crippen molar-refractivity contribution in [1.82, 2.24) is 0 Å². The standard InChI is InChI=1S/C34H25F3N2O2/c35-34(36,37)27-14-9-15-29(22-27)39(23-24-10-3-1-4-11-24)33(41)26-18-20-28(21-19-26)38-32(40)31-17-8-7-16-30(31)25-12-5-2-6-13-25/h1-22H,23H2,(H,38,40). The first kappa shape index (κ1) is 27.4. The second kappa shape index (κ2) is 11.9. The number of hydrogen-bond acceptors (Lipinski definition) is 2. The van der Waals surface area contributed by atoms with E-state index < -0.39 is 17.6 Å². The second-order valence-electron chi connectivity index (χ2n) is 9.37. The summed E-state index contributed by atoms with van der Waals surface area (Å²) in [5, 5.41) is 2.87. The summed E-state index contributed by atoms with van der Waals surface area (Å²) >= 11 is 0. The van der Waals surface area contributed by atoms with Gasteiger partial charge in [-0.2, -0.15) is 13.2 Å². The molecule has 0 bridgehead atoms. The molecule has 1 N–H and O–H groups in total. The van der Waals surface area contributed by atoms with Crippen LogP contribution in [0.15, 0.2) is 133 Å². The Balaban J connectivity index is 1.39. The Morgan fingerprint density at radius 3 is 2.00 bits per heavy atom. The number of amides is 2. The molecule has 0 unspecified atom stereocenters. The van der Waals surface area contributed by atoms with Gasteiger partial charge in [-0.3, -0.25) is 9.59 Å². The van der Waals surface area contributed by atoms with Crippen LogP contribution in [0.4, 0.5) is 24.5 Å². The molecule has 5 aromatic carbocycles. The van der Waals surface area contributed by atoms with Crippen molar-refractivity contribution in [2.45, 2.75) is 12.7 Å². The Hall–Kier alpha value is -5.17. The zero-order valence-corrected chi connectivity index (χ0v) is 21.8. The molecule has 0 saturated heterocycles. The molecule has 2 amide bonds. The predicted molar refractivity (Wildman–Crippen MR) is 155 cm³/mol. The minimum Gasteiger partial charge on any atom is -0.322 e. The molecule has 0 aliphatic carbocycles. The van der Waals surface area contributed by atoms with Crippen molar-refractivity contribution in [2.75, 3.05) is 10.2 Å². The summed E-state index contributed by atoms with van der Waals surface area (Å²) in [7, 11) is 0. The van der Waals surface area contributed by atoms with Gasteiger partial charge in [0.1, 0.15) is 0 Å². The summed E-state index contributed by atoms with van der Waals surface area (Å²) in [6.45, 7) is 0.0791. The van der Waals surface area contributed by atoms with Gasteiger partial charge in [0.25, 0.3) is 11.8 Å². The Bertz CT molecular complexity index is 1650. The van der Waals surface area contributed by atoms with E-state index in [1.165, 1.54) is 17.0 Å². The second-order valence-corrected chi connectivity index (χ2v) is 9.37.